The lowest BCUT2D eigenvalue weighted by atomic mass is 9.93. The summed E-state index contributed by atoms with van der Waals surface area (Å²) in [6.45, 7) is 0.109. The second kappa shape index (κ2) is 8.83. The number of likely N-dealkylation sites (tertiary alicyclic amines) is 1. The molecule has 2 aromatic heterocycles. The Balaban J connectivity index is 1.31. The summed E-state index contributed by atoms with van der Waals surface area (Å²) in [7, 11) is 0. The van der Waals surface area contributed by atoms with Gasteiger partial charge in [0.2, 0.25) is 0 Å². The number of hydrogen-bond acceptors (Lipinski definition) is 5. The first kappa shape index (κ1) is 20.3. The van der Waals surface area contributed by atoms with E-state index in [-0.39, 0.29) is 6.01 Å². The van der Waals surface area contributed by atoms with Crippen LogP contribution in [-0.2, 0) is 6.42 Å². The molecule has 0 aliphatic carbocycles. The highest BCUT2D eigenvalue weighted by atomic mass is 19.4. The average Bonchev–Trinajstić information content (AvgIpc) is 3.18. The first-order chi connectivity index (χ1) is 14.4. The summed E-state index contributed by atoms with van der Waals surface area (Å²) in [6, 6.07) is 9.55. The standard InChI is InChI=1S/C21H22F3N5O/c22-21(23,24)14-29-8-6-15(7-9-29)10-19-25-13-18(28-19)16-11-26-20(27-12-16)30-17-4-2-1-3-5-17/h1-5,11-13,15H,6-10,14H2,(H,25,28). The number of aromatic nitrogens is 4. The van der Waals surface area contributed by atoms with Crippen LogP contribution in [0.15, 0.2) is 48.9 Å². The van der Waals surface area contributed by atoms with Gasteiger partial charge in [0.25, 0.3) is 0 Å². The number of para-hydroxylation sites is 1. The fourth-order valence-corrected chi connectivity index (χ4v) is 3.58. The quantitative estimate of drug-likeness (QED) is 0.641. The summed E-state index contributed by atoms with van der Waals surface area (Å²) >= 11 is 0. The first-order valence-electron chi connectivity index (χ1n) is 9.83. The lowest BCUT2D eigenvalue weighted by Crippen LogP contribution is -2.40. The molecular formula is C21H22F3N5O. The molecule has 4 rings (SSSR count). The van der Waals surface area contributed by atoms with Gasteiger partial charge < -0.3 is 9.72 Å². The SMILES string of the molecule is FC(F)(F)CN1CCC(Cc2nc(-c3cnc(Oc4ccccc4)nc3)c[nH]2)CC1. The minimum absolute atomic E-state index is 0.256. The number of alkyl halides is 3. The molecule has 1 saturated heterocycles. The number of nitrogens with zero attached hydrogens (tertiary/aromatic N) is 4. The Labute approximate surface area is 172 Å². The largest absolute Gasteiger partial charge is 0.424 e. The predicted molar refractivity (Wildman–Crippen MR) is 105 cm³/mol. The van der Waals surface area contributed by atoms with Gasteiger partial charge in [-0.1, -0.05) is 18.2 Å². The van der Waals surface area contributed by atoms with Crippen molar-refractivity contribution in [2.24, 2.45) is 5.92 Å². The normalized spacial score (nSPS) is 16.0. The molecule has 0 saturated carbocycles. The number of imidazole rings is 1. The van der Waals surface area contributed by atoms with Gasteiger partial charge in [0.05, 0.1) is 12.2 Å². The molecule has 1 aromatic carbocycles. The van der Waals surface area contributed by atoms with Crippen molar-refractivity contribution >= 4 is 0 Å². The number of nitrogens with one attached hydrogen (secondary N) is 1. The molecule has 0 amide bonds. The van der Waals surface area contributed by atoms with E-state index in [4.69, 9.17) is 4.74 Å². The van der Waals surface area contributed by atoms with Gasteiger partial charge in [0.15, 0.2) is 0 Å². The van der Waals surface area contributed by atoms with Crippen LogP contribution in [0.5, 0.6) is 11.8 Å². The van der Waals surface area contributed by atoms with E-state index in [1.54, 1.807) is 18.6 Å². The Morgan fingerprint density at radius 1 is 1.07 bits per heavy atom. The zero-order chi connectivity index (χ0) is 21.0. The van der Waals surface area contributed by atoms with Gasteiger partial charge in [-0.2, -0.15) is 13.2 Å². The molecule has 30 heavy (non-hydrogen) atoms. The molecular weight excluding hydrogens is 395 g/mol. The molecule has 0 spiro atoms. The highest BCUT2D eigenvalue weighted by Gasteiger charge is 2.32. The number of piperidine rings is 1. The smallest absolute Gasteiger partial charge is 0.401 e. The van der Waals surface area contributed by atoms with Crippen molar-refractivity contribution in [1.29, 1.82) is 0 Å². The lowest BCUT2D eigenvalue weighted by Gasteiger charge is -2.32. The van der Waals surface area contributed by atoms with Crippen LogP contribution in [0.4, 0.5) is 13.2 Å². The van der Waals surface area contributed by atoms with Crippen LogP contribution in [0.25, 0.3) is 11.3 Å². The van der Waals surface area contributed by atoms with Crippen molar-refractivity contribution in [3.63, 3.8) is 0 Å². The topological polar surface area (TPSA) is 66.9 Å². The van der Waals surface area contributed by atoms with Gasteiger partial charge in [-0.15, -0.1) is 0 Å². The van der Waals surface area contributed by atoms with E-state index >= 15 is 0 Å². The molecule has 3 aromatic rings. The number of halogens is 3. The minimum Gasteiger partial charge on any atom is -0.424 e. The third-order valence-electron chi connectivity index (χ3n) is 5.10. The summed E-state index contributed by atoms with van der Waals surface area (Å²) in [5, 5.41) is 0. The molecule has 1 N–H and O–H groups in total. The van der Waals surface area contributed by atoms with Gasteiger partial charge in [-0.05, 0) is 44.0 Å². The van der Waals surface area contributed by atoms with Gasteiger partial charge >= 0.3 is 12.2 Å². The fraction of sp³-hybridized carbons (Fsp3) is 0.381. The van der Waals surface area contributed by atoms with Crippen LogP contribution in [0.3, 0.4) is 0 Å². The number of hydrogen-bond donors (Lipinski definition) is 1. The minimum atomic E-state index is -4.13. The van der Waals surface area contributed by atoms with E-state index in [0.29, 0.717) is 24.8 Å². The van der Waals surface area contributed by atoms with E-state index < -0.39 is 12.7 Å². The second-order valence-electron chi connectivity index (χ2n) is 7.44. The van der Waals surface area contributed by atoms with E-state index in [1.807, 2.05) is 30.3 Å². The molecule has 6 nitrogen and oxygen atoms in total. The number of H-pyrrole nitrogens is 1. The molecule has 1 aliphatic rings. The molecule has 0 unspecified atom stereocenters. The van der Waals surface area contributed by atoms with Crippen molar-refractivity contribution in [2.45, 2.75) is 25.4 Å². The van der Waals surface area contributed by atoms with Crippen LogP contribution in [0.1, 0.15) is 18.7 Å². The third-order valence-corrected chi connectivity index (χ3v) is 5.10. The Morgan fingerprint density at radius 3 is 2.43 bits per heavy atom. The zero-order valence-corrected chi connectivity index (χ0v) is 16.3. The maximum atomic E-state index is 12.5. The number of aromatic amines is 1. The summed E-state index contributed by atoms with van der Waals surface area (Å²) in [6.07, 6.45) is 3.16. The molecule has 0 bridgehead atoms. The average molecular weight is 417 g/mol. The summed E-state index contributed by atoms with van der Waals surface area (Å²) in [5.74, 6) is 1.81. The van der Waals surface area contributed by atoms with Crippen molar-refractivity contribution in [2.75, 3.05) is 19.6 Å². The Bertz CT molecular complexity index is 935. The molecule has 9 heteroatoms. The number of benzene rings is 1. The third kappa shape index (κ3) is 5.56. The molecule has 1 aliphatic heterocycles. The molecule has 1 fully saturated rings. The van der Waals surface area contributed by atoms with Gasteiger partial charge in [-0.3, -0.25) is 4.90 Å². The van der Waals surface area contributed by atoms with Crippen LogP contribution in [0.2, 0.25) is 0 Å². The number of rotatable bonds is 6. The van der Waals surface area contributed by atoms with E-state index in [2.05, 4.69) is 19.9 Å². The van der Waals surface area contributed by atoms with Gasteiger partial charge in [0, 0.05) is 30.6 Å². The molecule has 0 radical (unpaired) electrons. The Hall–Kier alpha value is -2.94. The zero-order valence-electron chi connectivity index (χ0n) is 16.3. The maximum absolute atomic E-state index is 12.5. The monoisotopic (exact) mass is 417 g/mol. The maximum Gasteiger partial charge on any atom is 0.401 e. The molecule has 0 atom stereocenters. The van der Waals surface area contributed by atoms with Crippen LogP contribution in [0, 0.1) is 5.92 Å². The fourth-order valence-electron chi connectivity index (χ4n) is 3.58. The highest BCUT2D eigenvalue weighted by Crippen LogP contribution is 2.25. The van der Waals surface area contributed by atoms with Crippen molar-refractivity contribution in [1.82, 2.24) is 24.8 Å². The van der Waals surface area contributed by atoms with Gasteiger partial charge in [0.1, 0.15) is 11.6 Å². The highest BCUT2D eigenvalue weighted by molar-refractivity contribution is 5.56. The first-order valence-corrected chi connectivity index (χ1v) is 9.83. The summed E-state index contributed by atoms with van der Waals surface area (Å²) in [5.41, 5.74) is 1.49. The lowest BCUT2D eigenvalue weighted by molar-refractivity contribution is -0.148. The van der Waals surface area contributed by atoms with Crippen LogP contribution >= 0.6 is 0 Å². The summed E-state index contributed by atoms with van der Waals surface area (Å²) < 4.78 is 43.1. The Morgan fingerprint density at radius 2 is 1.77 bits per heavy atom. The summed E-state index contributed by atoms with van der Waals surface area (Å²) in [4.78, 5) is 17.7. The van der Waals surface area contributed by atoms with E-state index in [0.717, 1.165) is 36.3 Å². The molecule has 3 heterocycles. The van der Waals surface area contributed by atoms with Crippen molar-refractivity contribution in [3.05, 3.63) is 54.7 Å². The van der Waals surface area contributed by atoms with Gasteiger partial charge in [-0.25, -0.2) is 15.0 Å². The molecule has 158 valence electrons. The van der Waals surface area contributed by atoms with Crippen molar-refractivity contribution < 1.29 is 17.9 Å². The van der Waals surface area contributed by atoms with Crippen molar-refractivity contribution in [3.8, 4) is 23.0 Å². The van der Waals surface area contributed by atoms with E-state index in [9.17, 15) is 13.2 Å². The van der Waals surface area contributed by atoms with Crippen LogP contribution in [-0.4, -0.2) is 50.6 Å². The number of ether oxygens (including phenoxy) is 1. The van der Waals surface area contributed by atoms with Crippen LogP contribution < -0.4 is 4.74 Å². The second-order valence-corrected chi connectivity index (χ2v) is 7.44. The predicted octanol–water partition coefficient (Wildman–Crippen LogP) is 4.48. The van der Waals surface area contributed by atoms with E-state index in [1.165, 1.54) is 4.90 Å². The Kier molecular flexibility index (Phi) is 5.98.